The van der Waals surface area contributed by atoms with Gasteiger partial charge in [0.2, 0.25) is 5.72 Å². The van der Waals surface area contributed by atoms with Crippen molar-refractivity contribution in [1.29, 1.82) is 0 Å². The normalized spacial score (nSPS) is 20.9. The molecule has 0 aromatic heterocycles. The molecule has 0 radical (unpaired) electrons. The summed E-state index contributed by atoms with van der Waals surface area (Å²) in [7, 11) is 0. The highest BCUT2D eigenvalue weighted by Crippen LogP contribution is 2.51. The molecule has 4 aromatic rings. The Kier molecular flexibility index (Phi) is 4.61. The highest BCUT2D eigenvalue weighted by atomic mass is 35.5. The van der Waals surface area contributed by atoms with E-state index in [9.17, 15) is 10.1 Å². The number of benzene rings is 4. The average molecular weight is 470 g/mol. The van der Waals surface area contributed by atoms with E-state index < -0.39 is 10.6 Å². The van der Waals surface area contributed by atoms with Gasteiger partial charge in [0.05, 0.1) is 16.7 Å². The van der Waals surface area contributed by atoms with Crippen molar-refractivity contribution >= 4 is 33.8 Å². The van der Waals surface area contributed by atoms with Crippen LogP contribution in [-0.4, -0.2) is 15.6 Å². The number of fused-ring (bicyclic) bond motifs is 4. The largest absolute Gasteiger partial charge is 0.462 e. The van der Waals surface area contributed by atoms with Crippen LogP contribution in [0, 0.1) is 10.1 Å². The summed E-state index contributed by atoms with van der Waals surface area (Å²) in [6.07, 6.45) is 0.692. The number of non-ortho nitro benzene ring substituents is 1. The van der Waals surface area contributed by atoms with E-state index in [4.69, 9.17) is 21.4 Å². The van der Waals surface area contributed by atoms with E-state index in [1.807, 2.05) is 42.3 Å². The smallest absolute Gasteiger partial charge is 0.269 e. The van der Waals surface area contributed by atoms with Gasteiger partial charge in [-0.05, 0) is 52.7 Å². The third-order valence-corrected chi connectivity index (χ3v) is 6.92. The topological polar surface area (TPSA) is 68.0 Å². The van der Waals surface area contributed by atoms with Crippen molar-refractivity contribution in [3.8, 4) is 5.75 Å². The number of nitrogens with zero attached hydrogens (tertiary/aromatic N) is 3. The highest BCUT2D eigenvalue weighted by molar-refractivity contribution is 6.30. The molecule has 6 rings (SSSR count). The second-order valence-electron chi connectivity index (χ2n) is 8.74. The monoisotopic (exact) mass is 469 g/mol. The quantitative estimate of drug-likeness (QED) is 0.244. The molecule has 0 amide bonds. The molecule has 0 spiro atoms. The van der Waals surface area contributed by atoms with Crippen molar-refractivity contribution in [3.63, 3.8) is 0 Å². The molecule has 0 aliphatic carbocycles. The lowest BCUT2D eigenvalue weighted by molar-refractivity contribution is -0.384. The van der Waals surface area contributed by atoms with Crippen LogP contribution in [0.1, 0.15) is 36.1 Å². The molecule has 0 N–H and O–H groups in total. The van der Waals surface area contributed by atoms with E-state index in [1.54, 1.807) is 12.1 Å². The minimum absolute atomic E-state index is 0.0358. The van der Waals surface area contributed by atoms with Crippen LogP contribution in [-0.2, 0) is 5.72 Å². The number of hydrogen-bond acceptors (Lipinski definition) is 5. The van der Waals surface area contributed by atoms with Crippen molar-refractivity contribution in [2.45, 2.75) is 25.1 Å². The van der Waals surface area contributed by atoms with Gasteiger partial charge in [0.1, 0.15) is 5.75 Å². The zero-order valence-electron chi connectivity index (χ0n) is 18.3. The van der Waals surface area contributed by atoms with E-state index >= 15 is 0 Å². The Balaban J connectivity index is 1.48. The van der Waals surface area contributed by atoms with E-state index in [0.717, 1.165) is 33.5 Å². The van der Waals surface area contributed by atoms with Crippen LogP contribution >= 0.6 is 11.6 Å². The Labute approximate surface area is 201 Å². The Hall–Kier alpha value is -3.90. The second kappa shape index (κ2) is 7.57. The first kappa shape index (κ1) is 20.7. The molecule has 7 heteroatoms. The summed E-state index contributed by atoms with van der Waals surface area (Å²) in [5.41, 5.74) is 2.87. The summed E-state index contributed by atoms with van der Waals surface area (Å²) in [6.45, 7) is 1.95. The molecule has 2 aliphatic rings. The SMILES string of the molecule is C[C@]1(c2ccc([N+](=O)[O-])cc2)Oc2ccc(Cl)cc2[C@@H]2CC(c3ccc4ccccc4c3)=NN21. The molecule has 2 aliphatic heterocycles. The number of hydrazone groups is 1. The van der Waals surface area contributed by atoms with E-state index in [1.165, 1.54) is 17.5 Å². The summed E-state index contributed by atoms with van der Waals surface area (Å²) in [6, 6.07) is 26.6. The van der Waals surface area contributed by atoms with Gasteiger partial charge in [-0.15, -0.1) is 0 Å². The molecule has 0 unspecified atom stereocenters. The minimum atomic E-state index is -0.945. The maximum Gasteiger partial charge on any atom is 0.269 e. The Morgan fingerprint density at radius 3 is 2.56 bits per heavy atom. The lowest BCUT2D eigenvalue weighted by atomic mass is 9.92. The maximum atomic E-state index is 11.2. The van der Waals surface area contributed by atoms with Gasteiger partial charge in [-0.3, -0.25) is 10.1 Å². The number of ether oxygens (including phenoxy) is 1. The third kappa shape index (κ3) is 3.22. The minimum Gasteiger partial charge on any atom is -0.462 e. The number of nitro benzene ring substituents is 1. The molecule has 0 saturated heterocycles. The van der Waals surface area contributed by atoms with Crippen LogP contribution in [0.4, 0.5) is 5.69 Å². The molecule has 2 heterocycles. The molecule has 0 bridgehead atoms. The van der Waals surface area contributed by atoms with E-state index in [-0.39, 0.29) is 11.7 Å². The van der Waals surface area contributed by atoms with Gasteiger partial charge in [-0.2, -0.15) is 5.10 Å². The fourth-order valence-electron chi connectivity index (χ4n) is 4.91. The van der Waals surface area contributed by atoms with Gasteiger partial charge < -0.3 is 4.74 Å². The second-order valence-corrected chi connectivity index (χ2v) is 9.18. The van der Waals surface area contributed by atoms with Gasteiger partial charge in [0.15, 0.2) is 0 Å². The predicted octanol–water partition coefficient (Wildman–Crippen LogP) is 6.82. The molecule has 0 saturated carbocycles. The lowest BCUT2D eigenvalue weighted by Gasteiger charge is -2.46. The molecule has 6 nitrogen and oxygen atoms in total. The first-order chi connectivity index (χ1) is 16.4. The zero-order valence-corrected chi connectivity index (χ0v) is 19.1. The number of rotatable bonds is 3. The fourth-order valence-corrected chi connectivity index (χ4v) is 5.09. The first-order valence-electron chi connectivity index (χ1n) is 11.0. The zero-order chi connectivity index (χ0) is 23.4. The number of nitro groups is 1. The molecule has 34 heavy (non-hydrogen) atoms. The van der Waals surface area contributed by atoms with Crippen LogP contribution in [0.15, 0.2) is 90.0 Å². The molecule has 0 fully saturated rings. The summed E-state index contributed by atoms with van der Waals surface area (Å²) in [5, 5.41) is 21.2. The Morgan fingerprint density at radius 2 is 1.79 bits per heavy atom. The van der Waals surface area contributed by atoms with E-state index in [0.29, 0.717) is 11.4 Å². The first-order valence-corrected chi connectivity index (χ1v) is 11.4. The van der Waals surface area contributed by atoms with Crippen LogP contribution < -0.4 is 4.74 Å². The van der Waals surface area contributed by atoms with Crippen LogP contribution in [0.25, 0.3) is 10.8 Å². The van der Waals surface area contributed by atoms with Crippen molar-refractivity contribution in [2.24, 2.45) is 5.10 Å². The fraction of sp³-hybridized carbons (Fsp3) is 0.148. The van der Waals surface area contributed by atoms with Gasteiger partial charge in [0, 0.05) is 41.6 Å². The summed E-state index contributed by atoms with van der Waals surface area (Å²) in [4.78, 5) is 10.8. The van der Waals surface area contributed by atoms with Crippen molar-refractivity contribution in [2.75, 3.05) is 0 Å². The Morgan fingerprint density at radius 1 is 1.03 bits per heavy atom. The standard InChI is InChI=1S/C27H20ClN3O3/c1-27(20-8-11-22(12-9-20)31(32)33)30-25(23-15-21(28)10-13-26(23)34-27)16-24(29-30)19-7-6-17-4-2-3-5-18(17)14-19/h2-15,25H,16H2,1H3/t25-,27+/m0/s1. The molecule has 168 valence electrons. The van der Waals surface area contributed by atoms with Crippen molar-refractivity contribution in [1.82, 2.24) is 5.01 Å². The summed E-state index contributed by atoms with van der Waals surface area (Å²) >= 11 is 6.35. The Bertz CT molecular complexity index is 1480. The summed E-state index contributed by atoms with van der Waals surface area (Å²) in [5.74, 6) is 0.737. The predicted molar refractivity (Wildman–Crippen MR) is 132 cm³/mol. The lowest BCUT2D eigenvalue weighted by Crippen LogP contribution is -2.48. The van der Waals surface area contributed by atoms with Crippen molar-refractivity contribution < 1.29 is 9.66 Å². The van der Waals surface area contributed by atoms with Gasteiger partial charge in [-0.1, -0.05) is 48.0 Å². The van der Waals surface area contributed by atoms with Crippen LogP contribution in [0.2, 0.25) is 5.02 Å². The molecular weight excluding hydrogens is 450 g/mol. The van der Waals surface area contributed by atoms with Gasteiger partial charge in [-0.25, -0.2) is 5.01 Å². The van der Waals surface area contributed by atoms with Crippen LogP contribution in [0.5, 0.6) is 5.75 Å². The molecule has 2 atom stereocenters. The third-order valence-electron chi connectivity index (χ3n) is 6.68. The summed E-state index contributed by atoms with van der Waals surface area (Å²) < 4.78 is 6.52. The molecular formula is C27H20ClN3O3. The van der Waals surface area contributed by atoms with Crippen LogP contribution in [0.3, 0.4) is 0 Å². The number of halogens is 1. The maximum absolute atomic E-state index is 11.2. The van der Waals surface area contributed by atoms with E-state index in [2.05, 4.69) is 30.3 Å². The highest BCUT2D eigenvalue weighted by Gasteiger charge is 2.49. The molecule has 4 aromatic carbocycles. The van der Waals surface area contributed by atoms with Gasteiger partial charge >= 0.3 is 0 Å². The number of hydrogen-bond donors (Lipinski definition) is 0. The van der Waals surface area contributed by atoms with Crippen molar-refractivity contribution in [3.05, 3.63) is 117 Å². The van der Waals surface area contributed by atoms with Gasteiger partial charge in [0.25, 0.3) is 5.69 Å². The average Bonchev–Trinajstić information content (AvgIpc) is 3.31.